The second kappa shape index (κ2) is 17.6. The lowest BCUT2D eigenvalue weighted by atomic mass is 9.90. The fraction of sp³-hybridized carbons (Fsp3) is 0.538. The molecule has 0 radical (unpaired) electrons. The number of benzene rings is 2. The summed E-state index contributed by atoms with van der Waals surface area (Å²) in [7, 11) is 6.22. The second-order valence-electron chi connectivity index (χ2n) is 7.97. The maximum absolute atomic E-state index is 5.64. The Labute approximate surface area is 204 Å². The smallest absolute Gasteiger partial charge is 0.0343 e. The lowest BCUT2D eigenvalue weighted by Gasteiger charge is -2.29. The summed E-state index contributed by atoms with van der Waals surface area (Å²) in [6.45, 7) is 8.62. The molecule has 2 aromatic carbocycles. The van der Waals surface area contributed by atoms with Crippen molar-refractivity contribution < 1.29 is 0 Å². The number of hydrogen-bond donors (Lipinski definition) is 5. The fourth-order valence-corrected chi connectivity index (χ4v) is 4.23. The zero-order chi connectivity index (χ0) is 24.5. The minimum absolute atomic E-state index is 0.622. The minimum atomic E-state index is 0.622. The van der Waals surface area contributed by atoms with Gasteiger partial charge in [-0.2, -0.15) is 0 Å². The van der Waals surface area contributed by atoms with Crippen LogP contribution in [0.4, 0.5) is 17.1 Å². The predicted molar refractivity (Wildman–Crippen MR) is 151 cm³/mol. The van der Waals surface area contributed by atoms with Gasteiger partial charge in [0.25, 0.3) is 0 Å². The first kappa shape index (κ1) is 29.2. The van der Waals surface area contributed by atoms with Gasteiger partial charge in [0.05, 0.1) is 0 Å². The van der Waals surface area contributed by atoms with Crippen LogP contribution in [-0.4, -0.2) is 51.0 Å². The molecule has 4 rings (SSSR count). The van der Waals surface area contributed by atoms with Crippen LogP contribution in [0.5, 0.6) is 0 Å². The Balaban J connectivity index is 0.000000291. The van der Waals surface area contributed by atoms with E-state index < -0.39 is 0 Å². The highest BCUT2D eigenvalue weighted by Gasteiger charge is 2.16. The molecule has 2 heterocycles. The van der Waals surface area contributed by atoms with Gasteiger partial charge >= 0.3 is 0 Å². The third-order valence-corrected chi connectivity index (χ3v) is 6.34. The number of anilines is 3. The molecule has 186 valence electrons. The van der Waals surface area contributed by atoms with E-state index in [-0.39, 0.29) is 0 Å². The van der Waals surface area contributed by atoms with E-state index in [2.05, 4.69) is 72.1 Å². The number of piperidine rings is 2. The van der Waals surface area contributed by atoms with Gasteiger partial charge in [-0.05, 0) is 93.7 Å². The van der Waals surface area contributed by atoms with Crippen molar-refractivity contribution in [2.24, 2.45) is 5.73 Å². The number of hydrogen-bond acceptors (Lipinski definition) is 6. The van der Waals surface area contributed by atoms with Gasteiger partial charge < -0.3 is 27.4 Å². The summed E-state index contributed by atoms with van der Waals surface area (Å²) in [4.78, 5) is 0. The molecule has 2 aromatic rings. The predicted octanol–water partition coefficient (Wildman–Crippen LogP) is 4.73. The van der Waals surface area contributed by atoms with Gasteiger partial charge in [0.2, 0.25) is 0 Å². The van der Waals surface area contributed by atoms with Crippen LogP contribution < -0.4 is 27.4 Å². The van der Waals surface area contributed by atoms with Crippen molar-refractivity contribution in [1.82, 2.24) is 9.99 Å². The molecule has 1 atom stereocenters. The van der Waals surface area contributed by atoms with Gasteiger partial charge in [0.1, 0.15) is 0 Å². The number of nitrogens with one attached hydrogen (secondary N) is 3. The van der Waals surface area contributed by atoms with Gasteiger partial charge in [0, 0.05) is 43.2 Å². The van der Waals surface area contributed by atoms with Crippen LogP contribution in [-0.2, 0) is 0 Å². The quantitative estimate of drug-likeness (QED) is 0.325. The maximum atomic E-state index is 5.64. The lowest BCUT2D eigenvalue weighted by molar-refractivity contribution is 0.357. The fourth-order valence-electron chi connectivity index (χ4n) is 3.94. The van der Waals surface area contributed by atoms with Crippen LogP contribution in [0.2, 0.25) is 0 Å². The topological polar surface area (TPSA) is 91.4 Å². The van der Waals surface area contributed by atoms with Crippen molar-refractivity contribution in [3.8, 4) is 0 Å². The molecule has 0 aliphatic carbocycles. The highest BCUT2D eigenvalue weighted by Crippen LogP contribution is 2.25. The second-order valence-corrected chi connectivity index (χ2v) is 8.70. The molecule has 0 saturated carbocycles. The Morgan fingerprint density at radius 1 is 0.848 bits per heavy atom. The first-order valence-corrected chi connectivity index (χ1v) is 12.8. The molecule has 33 heavy (non-hydrogen) atoms. The Morgan fingerprint density at radius 2 is 1.36 bits per heavy atom. The average Bonchev–Trinajstić information content (AvgIpc) is 2.90. The van der Waals surface area contributed by atoms with Crippen LogP contribution in [0.25, 0.3) is 0 Å². The van der Waals surface area contributed by atoms with Crippen LogP contribution >= 0.6 is 9.39 Å². The largest absolute Gasteiger partial charge is 0.399 e. The molecular formula is C26H47N6P. The van der Waals surface area contributed by atoms with E-state index in [0.717, 1.165) is 43.5 Å². The maximum Gasteiger partial charge on any atom is 0.0343 e. The van der Waals surface area contributed by atoms with Crippen LogP contribution in [0.3, 0.4) is 0 Å². The molecule has 0 amide bonds. The molecule has 0 aromatic heterocycles. The minimum Gasteiger partial charge on any atom is -0.399 e. The van der Waals surface area contributed by atoms with E-state index in [0.29, 0.717) is 6.04 Å². The third-order valence-electron chi connectivity index (χ3n) is 5.82. The zero-order valence-electron chi connectivity index (χ0n) is 21.1. The lowest BCUT2D eigenvalue weighted by Crippen LogP contribution is -2.33. The monoisotopic (exact) mass is 474 g/mol. The van der Waals surface area contributed by atoms with Crippen molar-refractivity contribution >= 4 is 26.5 Å². The number of nitrogen functional groups attached to an aromatic ring is 1. The molecular weight excluding hydrogens is 427 g/mol. The van der Waals surface area contributed by atoms with Gasteiger partial charge in [-0.1, -0.05) is 35.4 Å². The molecule has 7 N–H and O–H groups in total. The molecule has 1 unspecified atom stereocenters. The van der Waals surface area contributed by atoms with E-state index in [1.165, 1.54) is 44.0 Å². The standard InChI is InChI=1S/C12H20N3P.C11H16N2.C2H6.CH5N/c1-13-10-2-4-11(5-3-10)14-12-6-8-15(16)9-7-12;12-11-3-1-9(2-4-11)10-5-7-13-8-6-10;2*1-2/h2-5,12-14H,6-9,16H2,1H3;1-4,10,13H,5-8,12H2;1-2H3;2H2,1H3. The third kappa shape index (κ3) is 11.2. The summed E-state index contributed by atoms with van der Waals surface area (Å²) in [6.07, 6.45) is 4.95. The molecule has 2 fully saturated rings. The number of nitrogens with zero attached hydrogens (tertiary/aromatic N) is 1. The molecule has 2 aliphatic rings. The summed E-state index contributed by atoms with van der Waals surface area (Å²) >= 11 is 0. The van der Waals surface area contributed by atoms with E-state index in [9.17, 15) is 0 Å². The van der Waals surface area contributed by atoms with Crippen molar-refractivity contribution in [3.63, 3.8) is 0 Å². The Bertz CT molecular complexity index is 709. The van der Waals surface area contributed by atoms with Crippen LogP contribution in [0.1, 0.15) is 51.0 Å². The highest BCUT2D eigenvalue weighted by molar-refractivity contribution is 7.13. The number of rotatable bonds is 4. The molecule has 2 saturated heterocycles. The van der Waals surface area contributed by atoms with Crippen molar-refractivity contribution in [3.05, 3.63) is 54.1 Å². The Kier molecular flexibility index (Phi) is 15.6. The normalized spacial score (nSPS) is 16.7. The van der Waals surface area contributed by atoms with E-state index in [1.54, 1.807) is 0 Å². The molecule has 0 spiro atoms. The van der Waals surface area contributed by atoms with Crippen molar-refractivity contribution in [2.45, 2.75) is 51.5 Å². The van der Waals surface area contributed by atoms with Gasteiger partial charge in [-0.25, -0.2) is 0 Å². The average molecular weight is 475 g/mol. The summed E-state index contributed by atoms with van der Waals surface area (Å²) in [5.74, 6) is 0.738. The first-order chi connectivity index (χ1) is 16.1. The Morgan fingerprint density at radius 3 is 1.88 bits per heavy atom. The summed E-state index contributed by atoms with van der Waals surface area (Å²) in [5, 5.41) is 10.1. The number of nitrogens with two attached hydrogens (primary N) is 2. The molecule has 7 heteroatoms. The summed E-state index contributed by atoms with van der Waals surface area (Å²) in [6, 6.07) is 17.4. The molecule has 2 aliphatic heterocycles. The SMILES string of the molecule is CC.CN.CNc1ccc(NC2CCN(P)CC2)cc1.Nc1ccc(C2CCNCC2)cc1. The molecule has 0 bridgehead atoms. The van der Waals surface area contributed by atoms with Crippen LogP contribution in [0.15, 0.2) is 48.5 Å². The molecule has 6 nitrogen and oxygen atoms in total. The van der Waals surface area contributed by atoms with Gasteiger partial charge in [-0.15, -0.1) is 0 Å². The summed E-state index contributed by atoms with van der Waals surface area (Å²) in [5.41, 5.74) is 14.8. The van der Waals surface area contributed by atoms with Crippen LogP contribution in [0, 0.1) is 0 Å². The highest BCUT2D eigenvalue weighted by atomic mass is 31.0. The van der Waals surface area contributed by atoms with Crippen molar-refractivity contribution in [2.75, 3.05) is 56.6 Å². The van der Waals surface area contributed by atoms with E-state index in [1.807, 2.05) is 33.0 Å². The van der Waals surface area contributed by atoms with Gasteiger partial charge in [0.15, 0.2) is 0 Å². The Hall–Kier alpha value is -1.85. The van der Waals surface area contributed by atoms with E-state index >= 15 is 0 Å². The van der Waals surface area contributed by atoms with Crippen molar-refractivity contribution in [1.29, 1.82) is 0 Å². The first-order valence-electron chi connectivity index (χ1n) is 12.3. The summed E-state index contributed by atoms with van der Waals surface area (Å²) < 4.78 is 2.31. The zero-order valence-corrected chi connectivity index (χ0v) is 22.3. The van der Waals surface area contributed by atoms with E-state index in [4.69, 9.17) is 5.73 Å². The van der Waals surface area contributed by atoms with Gasteiger partial charge in [-0.3, -0.25) is 4.67 Å².